The van der Waals surface area contributed by atoms with Gasteiger partial charge in [0, 0.05) is 22.4 Å². The van der Waals surface area contributed by atoms with Gasteiger partial charge in [-0.25, -0.2) is 9.97 Å². The smallest absolute Gasteiger partial charge is 0.162 e. The molecule has 5 heteroatoms. The van der Waals surface area contributed by atoms with Gasteiger partial charge >= 0.3 is 0 Å². The van der Waals surface area contributed by atoms with Gasteiger partial charge < -0.3 is 10.2 Å². The van der Waals surface area contributed by atoms with Crippen molar-refractivity contribution in [3.63, 3.8) is 0 Å². The first-order valence-electron chi connectivity index (χ1n) is 7.84. The van der Waals surface area contributed by atoms with Crippen LogP contribution < -0.4 is 5.32 Å². The maximum absolute atomic E-state index is 4.78. The predicted octanol–water partition coefficient (Wildman–Crippen LogP) is 4.11. The minimum atomic E-state index is 0.353. The fourth-order valence-corrected chi connectivity index (χ4v) is 3.10. The number of benzene rings is 1. The molecule has 2 heterocycles. The fraction of sp³-hybridized carbons (Fsp3) is 0.333. The van der Waals surface area contributed by atoms with Crippen molar-refractivity contribution in [2.24, 2.45) is 0 Å². The summed E-state index contributed by atoms with van der Waals surface area (Å²) in [5.74, 6) is 1.70. The molecule has 2 aromatic heterocycles. The molecular formula is C18H22N4S. The molecule has 1 aromatic carbocycles. The van der Waals surface area contributed by atoms with Crippen LogP contribution in [0.2, 0.25) is 0 Å². The highest BCUT2D eigenvalue weighted by atomic mass is 32.1. The Labute approximate surface area is 141 Å². The van der Waals surface area contributed by atoms with Gasteiger partial charge in [-0.3, -0.25) is 0 Å². The van der Waals surface area contributed by atoms with E-state index in [9.17, 15) is 0 Å². The molecule has 0 fully saturated rings. The molecule has 1 unspecified atom stereocenters. The zero-order valence-corrected chi connectivity index (χ0v) is 14.6. The van der Waals surface area contributed by atoms with Crippen LogP contribution in [-0.2, 0) is 0 Å². The predicted molar refractivity (Wildman–Crippen MR) is 99.1 cm³/mol. The van der Waals surface area contributed by atoms with Gasteiger partial charge in [-0.05, 0) is 57.6 Å². The number of hydrogen-bond donors (Lipinski definition) is 1. The average molecular weight is 326 g/mol. The zero-order valence-electron chi connectivity index (χ0n) is 13.8. The van der Waals surface area contributed by atoms with Crippen LogP contribution in [0.3, 0.4) is 0 Å². The van der Waals surface area contributed by atoms with E-state index in [0.29, 0.717) is 6.04 Å². The van der Waals surface area contributed by atoms with Gasteiger partial charge in [-0.15, -0.1) is 0 Å². The Hall–Kier alpha value is -1.98. The molecule has 4 nitrogen and oxygen atoms in total. The molecule has 23 heavy (non-hydrogen) atoms. The minimum Gasteiger partial charge on any atom is -0.367 e. The summed E-state index contributed by atoms with van der Waals surface area (Å²) < 4.78 is 0. The highest BCUT2D eigenvalue weighted by Crippen LogP contribution is 2.26. The SMILES string of the molecule is CC(CCN(C)C)Nc1nc(-c2ccsc2)nc2ccccc12. The summed E-state index contributed by atoms with van der Waals surface area (Å²) in [7, 11) is 4.20. The molecular weight excluding hydrogens is 304 g/mol. The maximum Gasteiger partial charge on any atom is 0.162 e. The molecule has 1 atom stereocenters. The van der Waals surface area contributed by atoms with Crippen molar-refractivity contribution in [1.82, 2.24) is 14.9 Å². The molecule has 0 aliphatic heterocycles. The fourth-order valence-electron chi connectivity index (χ4n) is 2.46. The number of nitrogens with one attached hydrogen (secondary N) is 1. The number of hydrogen-bond acceptors (Lipinski definition) is 5. The second-order valence-electron chi connectivity index (χ2n) is 6.06. The van der Waals surface area contributed by atoms with Crippen molar-refractivity contribution >= 4 is 28.1 Å². The van der Waals surface area contributed by atoms with E-state index in [-0.39, 0.29) is 0 Å². The van der Waals surface area contributed by atoms with Crippen molar-refractivity contribution in [3.05, 3.63) is 41.1 Å². The van der Waals surface area contributed by atoms with Crippen LogP contribution in [0.15, 0.2) is 41.1 Å². The van der Waals surface area contributed by atoms with Crippen molar-refractivity contribution in [3.8, 4) is 11.4 Å². The van der Waals surface area contributed by atoms with Crippen LogP contribution in [0.25, 0.3) is 22.3 Å². The van der Waals surface area contributed by atoms with E-state index in [1.54, 1.807) is 11.3 Å². The lowest BCUT2D eigenvalue weighted by molar-refractivity contribution is 0.390. The molecule has 0 aliphatic rings. The van der Waals surface area contributed by atoms with Gasteiger partial charge in [0.25, 0.3) is 0 Å². The minimum absolute atomic E-state index is 0.353. The summed E-state index contributed by atoms with van der Waals surface area (Å²) >= 11 is 1.66. The number of para-hydroxylation sites is 1. The largest absolute Gasteiger partial charge is 0.367 e. The van der Waals surface area contributed by atoms with Gasteiger partial charge in [-0.2, -0.15) is 11.3 Å². The van der Waals surface area contributed by atoms with Gasteiger partial charge in [0.2, 0.25) is 0 Å². The number of thiophene rings is 1. The summed E-state index contributed by atoms with van der Waals surface area (Å²) in [5, 5.41) is 8.78. The van der Waals surface area contributed by atoms with Gasteiger partial charge in [0.1, 0.15) is 5.82 Å². The molecule has 0 radical (unpaired) electrons. The molecule has 0 saturated carbocycles. The van der Waals surface area contributed by atoms with E-state index in [4.69, 9.17) is 9.97 Å². The van der Waals surface area contributed by atoms with E-state index < -0.39 is 0 Å². The summed E-state index contributed by atoms with van der Waals surface area (Å²) in [5.41, 5.74) is 2.05. The van der Waals surface area contributed by atoms with Crippen LogP contribution in [-0.4, -0.2) is 41.5 Å². The highest BCUT2D eigenvalue weighted by molar-refractivity contribution is 7.08. The van der Waals surface area contributed by atoms with Crippen molar-refractivity contribution in [2.45, 2.75) is 19.4 Å². The normalized spacial score (nSPS) is 12.7. The molecule has 1 N–H and O–H groups in total. The van der Waals surface area contributed by atoms with E-state index in [1.165, 1.54) is 0 Å². The molecule has 0 saturated heterocycles. The summed E-state index contributed by atoms with van der Waals surface area (Å²) in [6, 6.07) is 10.6. The van der Waals surface area contributed by atoms with Crippen molar-refractivity contribution < 1.29 is 0 Å². The van der Waals surface area contributed by atoms with Gasteiger partial charge in [0.15, 0.2) is 5.82 Å². The van der Waals surface area contributed by atoms with Gasteiger partial charge in [0.05, 0.1) is 5.52 Å². The van der Waals surface area contributed by atoms with E-state index in [2.05, 4.69) is 54.1 Å². The topological polar surface area (TPSA) is 41.0 Å². The van der Waals surface area contributed by atoms with Gasteiger partial charge in [-0.1, -0.05) is 12.1 Å². The van der Waals surface area contributed by atoms with Crippen LogP contribution in [0.1, 0.15) is 13.3 Å². The van der Waals surface area contributed by atoms with Crippen molar-refractivity contribution in [1.29, 1.82) is 0 Å². The van der Waals surface area contributed by atoms with E-state index >= 15 is 0 Å². The summed E-state index contributed by atoms with van der Waals surface area (Å²) in [6.07, 6.45) is 1.07. The van der Waals surface area contributed by atoms with Crippen LogP contribution in [0.5, 0.6) is 0 Å². The molecule has 120 valence electrons. The van der Waals surface area contributed by atoms with Crippen LogP contribution >= 0.6 is 11.3 Å². The Kier molecular flexibility index (Phi) is 4.88. The second-order valence-corrected chi connectivity index (χ2v) is 6.84. The zero-order chi connectivity index (χ0) is 16.2. The lowest BCUT2D eigenvalue weighted by Gasteiger charge is -2.18. The van der Waals surface area contributed by atoms with Crippen LogP contribution in [0, 0.1) is 0 Å². The Bertz CT molecular complexity index is 768. The highest BCUT2D eigenvalue weighted by Gasteiger charge is 2.11. The Morgan fingerprint density at radius 2 is 2.00 bits per heavy atom. The number of nitrogens with zero attached hydrogens (tertiary/aromatic N) is 3. The van der Waals surface area contributed by atoms with E-state index in [0.717, 1.165) is 41.1 Å². The van der Waals surface area contributed by atoms with Crippen LogP contribution in [0.4, 0.5) is 5.82 Å². The quantitative estimate of drug-likeness (QED) is 0.740. The number of fused-ring (bicyclic) bond motifs is 1. The summed E-state index contributed by atoms with van der Waals surface area (Å²) in [6.45, 7) is 3.25. The first-order chi connectivity index (χ1) is 11.1. The monoisotopic (exact) mass is 326 g/mol. The first-order valence-corrected chi connectivity index (χ1v) is 8.78. The molecule has 3 aromatic rings. The molecule has 0 amide bonds. The maximum atomic E-state index is 4.78. The summed E-state index contributed by atoms with van der Waals surface area (Å²) in [4.78, 5) is 11.7. The Balaban J connectivity index is 1.94. The Morgan fingerprint density at radius 1 is 1.17 bits per heavy atom. The molecule has 3 rings (SSSR count). The number of aromatic nitrogens is 2. The third kappa shape index (κ3) is 3.86. The Morgan fingerprint density at radius 3 is 2.74 bits per heavy atom. The molecule has 0 aliphatic carbocycles. The average Bonchev–Trinajstić information content (AvgIpc) is 3.07. The standard InChI is InChI=1S/C18H22N4S/c1-13(8-10-22(2)3)19-18-15-6-4-5-7-16(15)20-17(21-18)14-9-11-23-12-14/h4-7,9,11-13H,8,10H2,1-3H3,(H,19,20,21). The third-order valence-corrected chi connectivity index (χ3v) is 4.46. The first kappa shape index (κ1) is 15.9. The molecule has 0 spiro atoms. The van der Waals surface area contributed by atoms with E-state index in [1.807, 2.05) is 18.2 Å². The van der Waals surface area contributed by atoms with Crippen molar-refractivity contribution in [2.75, 3.05) is 26.0 Å². The lowest BCUT2D eigenvalue weighted by Crippen LogP contribution is -2.23. The third-order valence-electron chi connectivity index (χ3n) is 3.78. The lowest BCUT2D eigenvalue weighted by atomic mass is 10.2. The number of rotatable bonds is 6. The molecule has 0 bridgehead atoms. The second kappa shape index (κ2) is 7.06. The number of anilines is 1.